The standard InChI is InChI=1S/C15H11/c1-11-5-4-8-14-9-12-6-2-3-7-13(12)10-15(11)14/h2-6,8-10H,1H3. The van der Waals surface area contributed by atoms with Crippen molar-refractivity contribution in [2.75, 3.05) is 0 Å². The van der Waals surface area contributed by atoms with Gasteiger partial charge in [0.1, 0.15) is 0 Å². The molecule has 71 valence electrons. The highest BCUT2D eigenvalue weighted by Crippen LogP contribution is 2.24. The normalized spacial score (nSPS) is 11.0. The summed E-state index contributed by atoms with van der Waals surface area (Å²) in [6.07, 6.45) is 0. The number of fused-ring (bicyclic) bond motifs is 2. The zero-order chi connectivity index (χ0) is 10.3. The Hall–Kier alpha value is -1.82. The van der Waals surface area contributed by atoms with Gasteiger partial charge in [-0.15, -0.1) is 0 Å². The number of rotatable bonds is 0. The molecule has 0 fully saturated rings. The third-order valence-electron chi connectivity index (χ3n) is 2.88. The summed E-state index contributed by atoms with van der Waals surface area (Å²) in [5, 5.41) is 5.09. The van der Waals surface area contributed by atoms with E-state index in [1.807, 2.05) is 12.1 Å². The topological polar surface area (TPSA) is 0 Å². The Balaban J connectivity index is 2.53. The fraction of sp³-hybridized carbons (Fsp3) is 0.0667. The molecule has 0 aliphatic heterocycles. The van der Waals surface area contributed by atoms with E-state index in [9.17, 15) is 0 Å². The molecule has 0 unspecified atom stereocenters. The summed E-state index contributed by atoms with van der Waals surface area (Å²) in [5.74, 6) is 0. The van der Waals surface area contributed by atoms with Gasteiger partial charge in [0.05, 0.1) is 0 Å². The third kappa shape index (κ3) is 1.30. The minimum atomic E-state index is 1.19. The summed E-state index contributed by atoms with van der Waals surface area (Å²) < 4.78 is 0. The maximum atomic E-state index is 3.27. The maximum Gasteiger partial charge on any atom is -0.00987 e. The monoisotopic (exact) mass is 191 g/mol. The largest absolute Gasteiger partial charge is 0.0614 e. The Morgan fingerprint density at radius 2 is 1.80 bits per heavy atom. The quantitative estimate of drug-likeness (QED) is 0.469. The SMILES string of the molecule is Cc1cccc2cc3ccc[c]c3cc12. The summed E-state index contributed by atoms with van der Waals surface area (Å²) >= 11 is 0. The van der Waals surface area contributed by atoms with E-state index < -0.39 is 0 Å². The van der Waals surface area contributed by atoms with Crippen LogP contribution >= 0.6 is 0 Å². The summed E-state index contributed by atoms with van der Waals surface area (Å²) in [6.45, 7) is 2.15. The molecule has 0 heteroatoms. The van der Waals surface area contributed by atoms with Gasteiger partial charge < -0.3 is 0 Å². The van der Waals surface area contributed by atoms with Crippen molar-refractivity contribution in [1.82, 2.24) is 0 Å². The predicted molar refractivity (Wildman–Crippen MR) is 65.0 cm³/mol. The first-order chi connectivity index (χ1) is 7.34. The predicted octanol–water partition coefficient (Wildman–Crippen LogP) is 4.10. The molecule has 0 heterocycles. The van der Waals surface area contributed by atoms with Gasteiger partial charge in [-0.05, 0) is 52.2 Å². The summed E-state index contributed by atoms with van der Waals surface area (Å²) in [5.41, 5.74) is 1.33. The van der Waals surface area contributed by atoms with Gasteiger partial charge in [0.2, 0.25) is 0 Å². The Morgan fingerprint density at radius 3 is 2.73 bits per heavy atom. The molecule has 3 aromatic carbocycles. The summed E-state index contributed by atoms with van der Waals surface area (Å²) in [4.78, 5) is 0. The Morgan fingerprint density at radius 1 is 0.933 bits per heavy atom. The second-order valence-corrected chi connectivity index (χ2v) is 3.91. The highest BCUT2D eigenvalue weighted by atomic mass is 14.0. The van der Waals surface area contributed by atoms with Crippen LogP contribution in [0.2, 0.25) is 0 Å². The first-order valence-corrected chi connectivity index (χ1v) is 5.14. The van der Waals surface area contributed by atoms with Crippen LogP contribution < -0.4 is 0 Å². The van der Waals surface area contributed by atoms with Gasteiger partial charge in [-0.1, -0.05) is 36.4 Å². The minimum absolute atomic E-state index is 1.19. The average molecular weight is 191 g/mol. The molecule has 3 aromatic rings. The van der Waals surface area contributed by atoms with E-state index in [0.717, 1.165) is 0 Å². The molecule has 3 rings (SSSR count). The van der Waals surface area contributed by atoms with Crippen molar-refractivity contribution in [1.29, 1.82) is 0 Å². The van der Waals surface area contributed by atoms with Crippen LogP contribution in [-0.2, 0) is 0 Å². The second-order valence-electron chi connectivity index (χ2n) is 3.91. The van der Waals surface area contributed by atoms with Gasteiger partial charge in [0.15, 0.2) is 0 Å². The zero-order valence-electron chi connectivity index (χ0n) is 8.62. The molecule has 0 saturated heterocycles. The van der Waals surface area contributed by atoms with Gasteiger partial charge in [-0.25, -0.2) is 0 Å². The Bertz CT molecular complexity index is 636. The minimum Gasteiger partial charge on any atom is -0.0614 e. The molecule has 0 N–H and O–H groups in total. The van der Waals surface area contributed by atoms with Gasteiger partial charge in [0, 0.05) is 0 Å². The second kappa shape index (κ2) is 3.09. The molecule has 0 atom stereocenters. The Labute approximate surface area is 89.2 Å². The molecule has 15 heavy (non-hydrogen) atoms. The van der Waals surface area contributed by atoms with Crippen molar-refractivity contribution in [3.05, 3.63) is 60.2 Å². The average Bonchev–Trinajstić information content (AvgIpc) is 2.27. The van der Waals surface area contributed by atoms with Crippen LogP contribution in [0.4, 0.5) is 0 Å². The van der Waals surface area contributed by atoms with E-state index in [1.54, 1.807) is 0 Å². The first kappa shape index (κ1) is 8.49. The van der Waals surface area contributed by atoms with Gasteiger partial charge >= 0.3 is 0 Å². The van der Waals surface area contributed by atoms with Crippen molar-refractivity contribution in [3.8, 4) is 0 Å². The highest BCUT2D eigenvalue weighted by molar-refractivity contribution is 5.99. The van der Waals surface area contributed by atoms with E-state index in [0.29, 0.717) is 0 Å². The van der Waals surface area contributed by atoms with Crippen molar-refractivity contribution in [2.45, 2.75) is 6.92 Å². The lowest BCUT2D eigenvalue weighted by Crippen LogP contribution is -1.79. The molecule has 0 spiro atoms. The van der Waals surface area contributed by atoms with Crippen molar-refractivity contribution in [3.63, 3.8) is 0 Å². The lowest BCUT2D eigenvalue weighted by Gasteiger charge is -2.04. The number of hydrogen-bond acceptors (Lipinski definition) is 0. The van der Waals surface area contributed by atoms with E-state index in [1.165, 1.54) is 27.1 Å². The Kier molecular flexibility index (Phi) is 1.75. The molecule has 0 aliphatic rings. The molecule has 0 amide bonds. The van der Waals surface area contributed by atoms with E-state index in [2.05, 4.69) is 49.4 Å². The molecule has 0 nitrogen and oxygen atoms in total. The van der Waals surface area contributed by atoms with Gasteiger partial charge in [0.25, 0.3) is 0 Å². The maximum absolute atomic E-state index is 3.27. The van der Waals surface area contributed by atoms with Crippen molar-refractivity contribution in [2.24, 2.45) is 0 Å². The molecule has 0 saturated carbocycles. The van der Waals surface area contributed by atoms with Crippen molar-refractivity contribution < 1.29 is 0 Å². The smallest absolute Gasteiger partial charge is 0.00987 e. The first-order valence-electron chi connectivity index (χ1n) is 5.14. The van der Waals surface area contributed by atoms with Crippen LogP contribution in [0.5, 0.6) is 0 Å². The molecular formula is C15H11. The lowest BCUT2D eigenvalue weighted by molar-refractivity contribution is 1.54. The van der Waals surface area contributed by atoms with Crippen LogP contribution in [0.1, 0.15) is 5.56 Å². The molecule has 1 radical (unpaired) electrons. The molecule has 0 aromatic heterocycles. The number of hydrogen-bond donors (Lipinski definition) is 0. The van der Waals surface area contributed by atoms with Gasteiger partial charge in [-0.2, -0.15) is 0 Å². The van der Waals surface area contributed by atoms with E-state index >= 15 is 0 Å². The third-order valence-corrected chi connectivity index (χ3v) is 2.88. The fourth-order valence-electron chi connectivity index (χ4n) is 2.05. The van der Waals surface area contributed by atoms with Crippen molar-refractivity contribution >= 4 is 21.5 Å². The van der Waals surface area contributed by atoms with Crippen LogP contribution in [0, 0.1) is 13.0 Å². The van der Waals surface area contributed by atoms with E-state index in [-0.39, 0.29) is 0 Å². The van der Waals surface area contributed by atoms with Crippen LogP contribution in [0.3, 0.4) is 0 Å². The van der Waals surface area contributed by atoms with E-state index in [4.69, 9.17) is 0 Å². The molecule has 0 bridgehead atoms. The summed E-state index contributed by atoms with van der Waals surface area (Å²) in [7, 11) is 0. The molecular weight excluding hydrogens is 180 g/mol. The highest BCUT2D eigenvalue weighted by Gasteiger charge is 1.99. The fourth-order valence-corrected chi connectivity index (χ4v) is 2.05. The zero-order valence-corrected chi connectivity index (χ0v) is 8.62. The number of aryl methyl sites for hydroxylation is 1. The van der Waals surface area contributed by atoms with Crippen LogP contribution in [0.15, 0.2) is 48.5 Å². The summed E-state index contributed by atoms with van der Waals surface area (Å²) in [6, 6.07) is 20.3. The van der Waals surface area contributed by atoms with Gasteiger partial charge in [-0.3, -0.25) is 0 Å². The van der Waals surface area contributed by atoms with Crippen LogP contribution in [-0.4, -0.2) is 0 Å². The van der Waals surface area contributed by atoms with Crippen LogP contribution in [0.25, 0.3) is 21.5 Å². The lowest BCUT2D eigenvalue weighted by atomic mass is 10.0. The number of benzene rings is 3. The molecule has 0 aliphatic carbocycles.